The van der Waals surface area contributed by atoms with Gasteiger partial charge in [0.1, 0.15) is 11.3 Å². The van der Waals surface area contributed by atoms with E-state index in [4.69, 9.17) is 4.42 Å². The van der Waals surface area contributed by atoms with Gasteiger partial charge in [-0.25, -0.2) is 5.43 Å². The predicted octanol–water partition coefficient (Wildman–Crippen LogP) is 3.21. The summed E-state index contributed by atoms with van der Waals surface area (Å²) in [5.74, 6) is -0.154. The molecule has 0 radical (unpaired) electrons. The molecule has 3 aromatic rings. The van der Waals surface area contributed by atoms with Gasteiger partial charge in [-0.3, -0.25) is 4.79 Å². The normalized spacial score (nSPS) is 11.1. The first kappa shape index (κ1) is 13.9. The maximum absolute atomic E-state index is 12.0. The van der Waals surface area contributed by atoms with Crippen molar-refractivity contribution in [1.29, 1.82) is 0 Å². The molecule has 5 heteroatoms. The Balaban J connectivity index is 1.74. The Kier molecular flexibility index (Phi) is 3.62. The number of hydrazone groups is 1. The number of furan rings is 1. The van der Waals surface area contributed by atoms with Gasteiger partial charge in [-0.05, 0) is 31.2 Å². The topological polar surface area (TPSA) is 74.8 Å². The molecular formula is C17H14N2O3. The average Bonchev–Trinajstić information content (AvgIpc) is 2.94. The second-order valence-corrected chi connectivity index (χ2v) is 4.91. The molecule has 0 unspecified atom stereocenters. The predicted molar refractivity (Wildman–Crippen MR) is 84.1 cm³/mol. The summed E-state index contributed by atoms with van der Waals surface area (Å²) in [7, 11) is 0. The largest absolute Gasteiger partial charge is 0.507 e. The summed E-state index contributed by atoms with van der Waals surface area (Å²) in [6.07, 6.45) is 1.39. The molecule has 0 atom stereocenters. The lowest BCUT2D eigenvalue weighted by Crippen LogP contribution is -2.16. The fraction of sp³-hybridized carbons (Fsp3) is 0.0588. The zero-order valence-electron chi connectivity index (χ0n) is 11.9. The minimum Gasteiger partial charge on any atom is -0.507 e. The molecular weight excluding hydrogens is 280 g/mol. The first-order valence-corrected chi connectivity index (χ1v) is 6.75. The molecule has 0 bridgehead atoms. The molecule has 1 aromatic heterocycles. The summed E-state index contributed by atoms with van der Waals surface area (Å²) in [4.78, 5) is 12.0. The van der Waals surface area contributed by atoms with Crippen LogP contribution in [0.5, 0.6) is 5.75 Å². The highest BCUT2D eigenvalue weighted by atomic mass is 16.3. The lowest BCUT2D eigenvalue weighted by molar-refractivity contribution is 0.0929. The van der Waals surface area contributed by atoms with Gasteiger partial charge in [-0.1, -0.05) is 29.8 Å². The molecule has 0 fully saturated rings. The van der Waals surface area contributed by atoms with Crippen LogP contribution < -0.4 is 5.43 Å². The highest BCUT2D eigenvalue weighted by molar-refractivity contribution is 5.96. The summed E-state index contributed by atoms with van der Waals surface area (Å²) in [6.45, 7) is 1.91. The molecule has 110 valence electrons. The minimum absolute atomic E-state index is 0.104. The van der Waals surface area contributed by atoms with Gasteiger partial charge in [0.05, 0.1) is 6.21 Å². The number of hydrogen-bond donors (Lipinski definition) is 2. The number of phenolic OH excluding ortho intramolecular Hbond substituents is 1. The lowest BCUT2D eigenvalue weighted by Gasteiger charge is -2.00. The number of carbonyl (C=O) groups excluding carboxylic acids is 1. The number of nitrogens with zero attached hydrogens (tertiary/aromatic N) is 1. The zero-order valence-corrected chi connectivity index (χ0v) is 11.9. The SMILES string of the molecule is Cc1ccc(O)c(/C=N/NC(=O)c2cc3ccccc3o2)c1. The molecule has 22 heavy (non-hydrogen) atoms. The molecule has 1 heterocycles. The fourth-order valence-electron chi connectivity index (χ4n) is 2.09. The molecule has 2 N–H and O–H groups in total. The van der Waals surface area contributed by atoms with Gasteiger partial charge in [0.25, 0.3) is 0 Å². The third kappa shape index (κ3) is 2.83. The van der Waals surface area contributed by atoms with Gasteiger partial charge < -0.3 is 9.52 Å². The quantitative estimate of drug-likeness (QED) is 0.575. The van der Waals surface area contributed by atoms with Crippen molar-refractivity contribution < 1.29 is 14.3 Å². The maximum atomic E-state index is 12.0. The lowest BCUT2D eigenvalue weighted by atomic mass is 10.1. The Bertz CT molecular complexity index is 832. The number of rotatable bonds is 3. The summed E-state index contributed by atoms with van der Waals surface area (Å²) >= 11 is 0. The number of carbonyl (C=O) groups is 1. The van der Waals surface area contributed by atoms with E-state index >= 15 is 0 Å². The third-order valence-corrected chi connectivity index (χ3v) is 3.20. The molecule has 0 spiro atoms. The van der Waals surface area contributed by atoms with Gasteiger partial charge in [-0.15, -0.1) is 0 Å². The van der Waals surface area contributed by atoms with E-state index in [0.29, 0.717) is 11.1 Å². The Morgan fingerprint density at radius 2 is 2.05 bits per heavy atom. The van der Waals surface area contributed by atoms with Gasteiger partial charge in [0, 0.05) is 10.9 Å². The number of aryl methyl sites for hydroxylation is 1. The van der Waals surface area contributed by atoms with Crippen molar-refractivity contribution in [2.45, 2.75) is 6.92 Å². The molecule has 0 saturated heterocycles. The molecule has 0 saturated carbocycles. The number of aromatic hydroxyl groups is 1. The standard InChI is InChI=1S/C17H14N2O3/c1-11-6-7-14(20)13(8-11)10-18-19-17(21)16-9-12-4-2-3-5-15(12)22-16/h2-10,20H,1H3,(H,19,21)/b18-10+. The van der Waals surface area contributed by atoms with E-state index < -0.39 is 5.91 Å². The number of amides is 1. The first-order valence-electron chi connectivity index (χ1n) is 6.75. The van der Waals surface area contributed by atoms with Crippen LogP contribution >= 0.6 is 0 Å². The van der Waals surface area contributed by atoms with Crippen LogP contribution in [0.1, 0.15) is 21.7 Å². The van der Waals surface area contributed by atoms with Crippen LogP contribution in [0.4, 0.5) is 0 Å². The van der Waals surface area contributed by atoms with E-state index in [9.17, 15) is 9.90 Å². The Morgan fingerprint density at radius 1 is 1.23 bits per heavy atom. The third-order valence-electron chi connectivity index (χ3n) is 3.20. The second kappa shape index (κ2) is 5.73. The van der Waals surface area contributed by atoms with E-state index in [1.165, 1.54) is 6.21 Å². The molecule has 5 nitrogen and oxygen atoms in total. The molecule has 0 aliphatic carbocycles. The van der Waals surface area contributed by atoms with Crippen molar-refractivity contribution >= 4 is 23.1 Å². The first-order chi connectivity index (χ1) is 10.6. The highest BCUT2D eigenvalue weighted by Gasteiger charge is 2.10. The minimum atomic E-state index is -0.445. The summed E-state index contributed by atoms with van der Waals surface area (Å²) < 4.78 is 5.44. The monoisotopic (exact) mass is 294 g/mol. The smallest absolute Gasteiger partial charge is 0.307 e. The number of benzene rings is 2. The zero-order chi connectivity index (χ0) is 15.5. The van der Waals surface area contributed by atoms with Crippen molar-refractivity contribution in [2.24, 2.45) is 5.10 Å². The number of nitrogens with one attached hydrogen (secondary N) is 1. The van der Waals surface area contributed by atoms with Crippen LogP contribution in [-0.4, -0.2) is 17.2 Å². The Labute approximate surface area is 126 Å². The van der Waals surface area contributed by atoms with Gasteiger partial charge in [0.15, 0.2) is 5.76 Å². The van der Waals surface area contributed by atoms with E-state index in [0.717, 1.165) is 10.9 Å². The van der Waals surface area contributed by atoms with Gasteiger partial charge in [-0.2, -0.15) is 5.10 Å². The van der Waals surface area contributed by atoms with Crippen LogP contribution in [0.15, 0.2) is 58.0 Å². The van der Waals surface area contributed by atoms with Gasteiger partial charge >= 0.3 is 5.91 Å². The van der Waals surface area contributed by atoms with Crippen LogP contribution in [0.2, 0.25) is 0 Å². The van der Waals surface area contributed by atoms with Crippen molar-refractivity contribution in [3.63, 3.8) is 0 Å². The van der Waals surface area contributed by atoms with E-state index in [-0.39, 0.29) is 11.5 Å². The van der Waals surface area contributed by atoms with E-state index in [1.54, 1.807) is 30.3 Å². The number of hydrogen-bond acceptors (Lipinski definition) is 4. The van der Waals surface area contributed by atoms with Crippen LogP contribution in [0.3, 0.4) is 0 Å². The van der Waals surface area contributed by atoms with Crippen LogP contribution in [0, 0.1) is 6.92 Å². The van der Waals surface area contributed by atoms with E-state index in [2.05, 4.69) is 10.5 Å². The molecule has 2 aromatic carbocycles. The Morgan fingerprint density at radius 3 is 2.86 bits per heavy atom. The molecule has 0 aliphatic heterocycles. The molecule has 0 aliphatic rings. The summed E-state index contributed by atoms with van der Waals surface area (Å²) in [5, 5.41) is 14.4. The fourth-order valence-corrected chi connectivity index (χ4v) is 2.09. The van der Waals surface area contributed by atoms with Crippen LogP contribution in [-0.2, 0) is 0 Å². The summed E-state index contributed by atoms with van der Waals surface area (Å²) in [6, 6.07) is 14.2. The summed E-state index contributed by atoms with van der Waals surface area (Å²) in [5.41, 5.74) is 4.55. The van der Waals surface area contributed by atoms with Crippen LogP contribution in [0.25, 0.3) is 11.0 Å². The maximum Gasteiger partial charge on any atom is 0.307 e. The number of para-hydroxylation sites is 1. The van der Waals surface area contributed by atoms with Gasteiger partial charge in [0.2, 0.25) is 0 Å². The highest BCUT2D eigenvalue weighted by Crippen LogP contribution is 2.19. The van der Waals surface area contributed by atoms with Crippen molar-refractivity contribution in [3.8, 4) is 5.75 Å². The second-order valence-electron chi connectivity index (χ2n) is 4.91. The van der Waals surface area contributed by atoms with E-state index in [1.807, 2.05) is 25.1 Å². The average molecular weight is 294 g/mol. The Hall–Kier alpha value is -3.08. The van der Waals surface area contributed by atoms with Crippen molar-refractivity contribution in [1.82, 2.24) is 5.43 Å². The molecule has 3 rings (SSSR count). The molecule has 1 amide bonds. The number of fused-ring (bicyclic) bond motifs is 1. The van der Waals surface area contributed by atoms with Crippen molar-refractivity contribution in [3.05, 3.63) is 65.4 Å². The number of phenols is 1. The van der Waals surface area contributed by atoms with Crippen molar-refractivity contribution in [2.75, 3.05) is 0 Å².